The maximum absolute atomic E-state index is 2.52. The fraction of sp³-hybridized carbons (Fsp3) is 0.308. The van der Waals surface area contributed by atoms with Crippen LogP contribution in [0.2, 0.25) is 0 Å². The summed E-state index contributed by atoms with van der Waals surface area (Å²) in [5, 5.41) is 0. The highest BCUT2D eigenvalue weighted by Crippen LogP contribution is 2.49. The molecule has 0 aromatic heterocycles. The average Bonchev–Trinajstić information content (AvgIpc) is 2.69. The number of hydrogen-bond acceptors (Lipinski definition) is 1. The van der Waals surface area contributed by atoms with Gasteiger partial charge in [-0.3, -0.25) is 0 Å². The summed E-state index contributed by atoms with van der Waals surface area (Å²) in [5.74, 6) is 0. The summed E-state index contributed by atoms with van der Waals surface area (Å²) in [6.45, 7) is 4.31. The van der Waals surface area contributed by atoms with Crippen molar-refractivity contribution >= 4 is 5.69 Å². The van der Waals surface area contributed by atoms with E-state index >= 15 is 0 Å². The molecule has 5 rings (SSSR count). The Labute approximate surface area is 162 Å². The van der Waals surface area contributed by atoms with E-state index in [0.29, 0.717) is 0 Å². The lowest BCUT2D eigenvalue weighted by molar-refractivity contribution is 0.301. The van der Waals surface area contributed by atoms with Gasteiger partial charge in [-0.2, -0.15) is 0 Å². The zero-order valence-corrected chi connectivity index (χ0v) is 16.1. The fourth-order valence-corrected chi connectivity index (χ4v) is 4.85. The molecular weight excluding hydrogens is 326 g/mol. The Morgan fingerprint density at radius 1 is 0.741 bits per heavy atom. The summed E-state index contributed by atoms with van der Waals surface area (Å²) >= 11 is 0. The highest BCUT2D eigenvalue weighted by atomic mass is 15.1. The highest BCUT2D eigenvalue weighted by molar-refractivity contribution is 5.53. The topological polar surface area (TPSA) is 3.24 Å². The molecule has 1 aliphatic heterocycles. The van der Waals surface area contributed by atoms with Gasteiger partial charge in [0.1, 0.15) is 0 Å². The van der Waals surface area contributed by atoms with Crippen LogP contribution in [-0.4, -0.2) is 6.54 Å². The van der Waals surface area contributed by atoms with Crippen molar-refractivity contribution in [2.24, 2.45) is 0 Å². The maximum Gasteiger partial charge on any atom is 0.0432 e. The van der Waals surface area contributed by atoms with E-state index in [1.807, 2.05) is 0 Å². The molecule has 1 fully saturated rings. The van der Waals surface area contributed by atoms with Gasteiger partial charge in [0.2, 0.25) is 0 Å². The van der Waals surface area contributed by atoms with Crippen LogP contribution in [0.15, 0.2) is 72.8 Å². The van der Waals surface area contributed by atoms with Crippen molar-refractivity contribution in [3.05, 3.63) is 101 Å². The molecule has 3 aromatic rings. The number of fused-ring (bicyclic) bond motifs is 1. The molecule has 0 N–H and O–H groups in total. The predicted molar refractivity (Wildman–Crippen MR) is 113 cm³/mol. The molecule has 0 saturated heterocycles. The summed E-state index contributed by atoms with van der Waals surface area (Å²) in [4.78, 5) is 2.52. The predicted octanol–water partition coefficient (Wildman–Crippen LogP) is 6.03. The second-order valence-electron chi connectivity index (χ2n) is 8.29. The number of nitrogens with zero attached hydrogens (tertiary/aromatic N) is 1. The van der Waals surface area contributed by atoms with E-state index in [0.717, 1.165) is 19.5 Å². The van der Waals surface area contributed by atoms with Crippen molar-refractivity contribution in [3.8, 4) is 0 Å². The smallest absolute Gasteiger partial charge is 0.0432 e. The van der Waals surface area contributed by atoms with Crippen LogP contribution < -0.4 is 4.90 Å². The first-order chi connectivity index (χ1) is 13.2. The summed E-state index contributed by atoms with van der Waals surface area (Å²) in [7, 11) is 0. The number of anilines is 1. The molecule has 1 aliphatic carbocycles. The Balaban J connectivity index is 1.41. The molecule has 0 atom stereocenters. The van der Waals surface area contributed by atoms with Crippen LogP contribution in [0.1, 0.15) is 47.1 Å². The lowest BCUT2D eigenvalue weighted by atomic mass is 9.60. The lowest BCUT2D eigenvalue weighted by Crippen LogP contribution is -2.35. The second kappa shape index (κ2) is 6.56. The third-order valence-electron chi connectivity index (χ3n) is 6.73. The Morgan fingerprint density at radius 3 is 2.00 bits per heavy atom. The van der Waals surface area contributed by atoms with Gasteiger partial charge in [0.15, 0.2) is 0 Å². The summed E-state index contributed by atoms with van der Waals surface area (Å²) in [5.41, 5.74) is 8.89. The molecule has 0 radical (unpaired) electrons. The summed E-state index contributed by atoms with van der Waals surface area (Å²) in [6, 6.07) is 27.5. The Kier molecular flexibility index (Phi) is 4.04. The largest absolute Gasteiger partial charge is 0.367 e. The summed E-state index contributed by atoms with van der Waals surface area (Å²) < 4.78 is 0. The first kappa shape index (κ1) is 16.6. The Morgan fingerprint density at radius 2 is 1.37 bits per heavy atom. The van der Waals surface area contributed by atoms with E-state index < -0.39 is 0 Å². The van der Waals surface area contributed by atoms with E-state index in [1.165, 1.54) is 52.8 Å². The van der Waals surface area contributed by atoms with Gasteiger partial charge < -0.3 is 4.90 Å². The molecule has 3 aromatic carbocycles. The van der Waals surface area contributed by atoms with Crippen LogP contribution in [-0.2, 0) is 18.4 Å². The summed E-state index contributed by atoms with van der Waals surface area (Å²) in [6.07, 6.45) is 5.02. The molecule has 0 spiro atoms. The van der Waals surface area contributed by atoms with Crippen LogP contribution in [0.25, 0.3) is 0 Å². The average molecular weight is 354 g/mol. The van der Waals surface area contributed by atoms with Gasteiger partial charge in [-0.05, 0) is 60.6 Å². The van der Waals surface area contributed by atoms with Crippen molar-refractivity contribution in [3.63, 3.8) is 0 Å². The molecule has 27 heavy (non-hydrogen) atoms. The number of hydrogen-bond donors (Lipinski definition) is 0. The quantitative estimate of drug-likeness (QED) is 0.556. The minimum absolute atomic E-state index is 0.237. The Bertz CT molecular complexity index is 933. The lowest BCUT2D eigenvalue weighted by Gasteiger charge is -2.43. The number of benzene rings is 3. The van der Waals surface area contributed by atoms with Gasteiger partial charge in [-0.25, -0.2) is 0 Å². The van der Waals surface area contributed by atoms with E-state index in [1.54, 1.807) is 0 Å². The zero-order valence-electron chi connectivity index (χ0n) is 16.1. The molecule has 1 heterocycles. The van der Waals surface area contributed by atoms with Gasteiger partial charge in [0.25, 0.3) is 0 Å². The molecule has 136 valence electrons. The minimum atomic E-state index is 0.237. The molecule has 0 unspecified atom stereocenters. The van der Waals surface area contributed by atoms with Crippen LogP contribution >= 0.6 is 0 Å². The molecule has 0 amide bonds. The molecular formula is C26H27N. The monoisotopic (exact) mass is 353 g/mol. The van der Waals surface area contributed by atoms with E-state index in [4.69, 9.17) is 0 Å². The van der Waals surface area contributed by atoms with Crippen molar-refractivity contribution in [1.29, 1.82) is 0 Å². The van der Waals surface area contributed by atoms with Crippen LogP contribution in [0, 0.1) is 6.92 Å². The van der Waals surface area contributed by atoms with Gasteiger partial charge >= 0.3 is 0 Å². The van der Waals surface area contributed by atoms with E-state index in [-0.39, 0.29) is 5.41 Å². The normalized spacial score (nSPS) is 17.9. The highest BCUT2D eigenvalue weighted by Gasteiger charge is 2.40. The van der Waals surface area contributed by atoms with E-state index in [2.05, 4.69) is 84.6 Å². The molecule has 0 bridgehead atoms. The fourth-order valence-electron chi connectivity index (χ4n) is 4.85. The SMILES string of the molecule is Cc1ccc(C2(c3ccc(N4CCc5ccccc5C4)cc3)CCC2)cc1. The standard InChI is InChI=1S/C26H27N/c1-20-7-9-23(10-8-20)26(16-4-17-26)24-11-13-25(14-12-24)27-18-15-21-5-2-3-6-22(21)19-27/h2-3,5-14H,4,15-19H2,1H3. The third kappa shape index (κ3) is 2.86. The number of rotatable bonds is 3. The third-order valence-corrected chi connectivity index (χ3v) is 6.73. The Hall–Kier alpha value is -2.54. The van der Waals surface area contributed by atoms with Crippen molar-refractivity contribution in [2.45, 2.75) is 44.6 Å². The van der Waals surface area contributed by atoms with Crippen molar-refractivity contribution < 1.29 is 0 Å². The van der Waals surface area contributed by atoms with Gasteiger partial charge in [0.05, 0.1) is 0 Å². The molecule has 1 saturated carbocycles. The van der Waals surface area contributed by atoms with Crippen molar-refractivity contribution in [2.75, 3.05) is 11.4 Å². The van der Waals surface area contributed by atoms with Crippen LogP contribution in [0.5, 0.6) is 0 Å². The zero-order chi connectivity index (χ0) is 18.3. The first-order valence-corrected chi connectivity index (χ1v) is 10.2. The van der Waals surface area contributed by atoms with Crippen LogP contribution in [0.3, 0.4) is 0 Å². The van der Waals surface area contributed by atoms with Crippen LogP contribution in [0.4, 0.5) is 5.69 Å². The van der Waals surface area contributed by atoms with Gasteiger partial charge in [0, 0.05) is 24.2 Å². The van der Waals surface area contributed by atoms with Crippen molar-refractivity contribution in [1.82, 2.24) is 0 Å². The van der Waals surface area contributed by atoms with Gasteiger partial charge in [-0.1, -0.05) is 72.6 Å². The molecule has 1 nitrogen and oxygen atoms in total. The molecule has 2 aliphatic rings. The maximum atomic E-state index is 2.52. The molecule has 1 heteroatoms. The number of aryl methyl sites for hydroxylation is 1. The first-order valence-electron chi connectivity index (χ1n) is 10.2. The minimum Gasteiger partial charge on any atom is -0.367 e. The second-order valence-corrected chi connectivity index (χ2v) is 8.29. The van der Waals surface area contributed by atoms with Gasteiger partial charge in [-0.15, -0.1) is 0 Å². The van der Waals surface area contributed by atoms with E-state index in [9.17, 15) is 0 Å².